The van der Waals surface area contributed by atoms with Crippen molar-refractivity contribution >= 4 is 44.3 Å². The molecule has 1 N–H and O–H groups in total. The van der Waals surface area contributed by atoms with Gasteiger partial charge in [-0.2, -0.15) is 0 Å². The number of ether oxygens (including phenoxy) is 1. The molecule has 0 fully saturated rings. The van der Waals surface area contributed by atoms with Crippen LogP contribution in [0.1, 0.15) is 6.92 Å². The van der Waals surface area contributed by atoms with Gasteiger partial charge in [-0.05, 0) is 47.7 Å². The van der Waals surface area contributed by atoms with Gasteiger partial charge in [0, 0.05) is 9.26 Å². The number of benzene rings is 1. The quantitative estimate of drug-likeness (QED) is 0.632. The van der Waals surface area contributed by atoms with Crippen molar-refractivity contribution in [3.05, 3.63) is 27.8 Å². The average Bonchev–Trinajstić information content (AvgIpc) is 2.15. The number of sulfonamides is 1. The summed E-state index contributed by atoms with van der Waals surface area (Å²) in [4.78, 5) is 11.1. The van der Waals surface area contributed by atoms with E-state index in [9.17, 15) is 13.2 Å². The zero-order valence-electron chi connectivity index (χ0n) is 9.14. The Morgan fingerprint density at radius 2 is 2.18 bits per heavy atom. The predicted molar refractivity (Wildman–Crippen MR) is 73.2 cm³/mol. The lowest BCUT2D eigenvalue weighted by Crippen LogP contribution is -2.24. The van der Waals surface area contributed by atoms with E-state index in [0.29, 0.717) is 5.69 Å². The Labute approximate surface area is 114 Å². The van der Waals surface area contributed by atoms with Gasteiger partial charge < -0.3 is 4.74 Å². The molecule has 0 radical (unpaired) electrons. The van der Waals surface area contributed by atoms with Gasteiger partial charge in [0.1, 0.15) is 0 Å². The van der Waals surface area contributed by atoms with Crippen LogP contribution in [0.2, 0.25) is 0 Å². The molecule has 5 nitrogen and oxygen atoms in total. The Kier molecular flexibility index (Phi) is 5.19. The first-order chi connectivity index (χ1) is 7.93. The number of carbonyl (C=O) groups excluding carboxylic acids is 1. The first-order valence-electron chi connectivity index (χ1n) is 4.84. The molecule has 0 spiro atoms. The number of carbonyl (C=O) groups is 1. The van der Waals surface area contributed by atoms with Crippen LogP contribution in [0.5, 0.6) is 0 Å². The predicted octanol–water partition coefficient (Wildman–Crippen LogP) is 1.60. The Morgan fingerprint density at radius 1 is 1.47 bits per heavy atom. The Bertz CT molecular complexity index is 501. The summed E-state index contributed by atoms with van der Waals surface area (Å²) < 4.78 is 31.0. The summed E-state index contributed by atoms with van der Waals surface area (Å²) in [5.74, 6) is -1.43. The molecule has 1 rings (SSSR count). The molecule has 0 aliphatic carbocycles. The maximum absolute atomic E-state index is 11.6. The van der Waals surface area contributed by atoms with Gasteiger partial charge in [-0.1, -0.05) is 6.07 Å². The van der Waals surface area contributed by atoms with Crippen molar-refractivity contribution < 1.29 is 17.9 Å². The van der Waals surface area contributed by atoms with E-state index in [1.165, 1.54) is 0 Å². The lowest BCUT2D eigenvalue weighted by atomic mass is 10.3. The van der Waals surface area contributed by atoms with Gasteiger partial charge in [0.05, 0.1) is 6.61 Å². The fourth-order valence-electron chi connectivity index (χ4n) is 1.13. The minimum absolute atomic E-state index is 0.164. The van der Waals surface area contributed by atoms with Gasteiger partial charge in [0.2, 0.25) is 10.0 Å². The van der Waals surface area contributed by atoms with E-state index in [-0.39, 0.29) is 6.61 Å². The van der Waals surface area contributed by atoms with Crippen molar-refractivity contribution in [2.24, 2.45) is 0 Å². The molecule has 0 aliphatic rings. The summed E-state index contributed by atoms with van der Waals surface area (Å²) in [6.07, 6.45) is 0. The average molecular weight is 369 g/mol. The highest BCUT2D eigenvalue weighted by Crippen LogP contribution is 2.13. The van der Waals surface area contributed by atoms with E-state index in [0.717, 1.165) is 3.57 Å². The Balaban J connectivity index is 2.70. The van der Waals surface area contributed by atoms with Gasteiger partial charge in [0.25, 0.3) is 0 Å². The smallest absolute Gasteiger partial charge is 0.323 e. The highest BCUT2D eigenvalue weighted by atomic mass is 127. The van der Waals surface area contributed by atoms with Crippen molar-refractivity contribution in [2.75, 3.05) is 17.1 Å². The molecular formula is C10H12INO4S. The summed E-state index contributed by atoms with van der Waals surface area (Å²) in [7, 11) is -3.70. The van der Waals surface area contributed by atoms with Crippen LogP contribution in [0.15, 0.2) is 24.3 Å². The molecule has 0 heterocycles. The molecule has 0 amide bonds. The number of esters is 1. The third-order valence-corrected chi connectivity index (χ3v) is 3.54. The summed E-state index contributed by atoms with van der Waals surface area (Å²) in [5, 5.41) is 0. The third-order valence-electron chi connectivity index (χ3n) is 1.71. The minimum Gasteiger partial charge on any atom is -0.465 e. The first kappa shape index (κ1) is 14.2. The van der Waals surface area contributed by atoms with E-state index in [1.54, 1.807) is 25.1 Å². The van der Waals surface area contributed by atoms with Gasteiger partial charge in [-0.15, -0.1) is 0 Å². The maximum atomic E-state index is 11.6. The minimum atomic E-state index is -3.70. The van der Waals surface area contributed by atoms with E-state index >= 15 is 0 Å². The van der Waals surface area contributed by atoms with Crippen LogP contribution in [0.3, 0.4) is 0 Å². The molecule has 0 atom stereocenters. The largest absolute Gasteiger partial charge is 0.465 e. The van der Waals surface area contributed by atoms with Gasteiger partial charge in [0.15, 0.2) is 5.75 Å². The van der Waals surface area contributed by atoms with Gasteiger partial charge >= 0.3 is 5.97 Å². The fourth-order valence-corrected chi connectivity index (χ4v) is 2.62. The molecule has 0 aromatic heterocycles. The van der Waals surface area contributed by atoms with Crippen molar-refractivity contribution in [3.8, 4) is 0 Å². The number of anilines is 1. The summed E-state index contributed by atoms with van der Waals surface area (Å²) in [6.45, 7) is 1.79. The van der Waals surface area contributed by atoms with Crippen molar-refractivity contribution in [2.45, 2.75) is 6.92 Å². The third kappa shape index (κ3) is 5.35. The highest BCUT2D eigenvalue weighted by molar-refractivity contribution is 14.1. The molecule has 17 heavy (non-hydrogen) atoms. The molecule has 94 valence electrons. The number of hydrogen-bond acceptors (Lipinski definition) is 4. The second-order valence-corrected chi connectivity index (χ2v) is 6.14. The van der Waals surface area contributed by atoms with Crippen LogP contribution in [-0.4, -0.2) is 26.7 Å². The maximum Gasteiger partial charge on any atom is 0.323 e. The normalized spacial score (nSPS) is 10.9. The van der Waals surface area contributed by atoms with E-state index in [2.05, 4.69) is 32.0 Å². The molecule has 0 unspecified atom stereocenters. The summed E-state index contributed by atoms with van der Waals surface area (Å²) in [6, 6.07) is 6.85. The van der Waals surface area contributed by atoms with Crippen molar-refractivity contribution in [3.63, 3.8) is 0 Å². The SMILES string of the molecule is CCOC(=O)CS(=O)(=O)Nc1cccc(I)c1. The summed E-state index contributed by atoms with van der Waals surface area (Å²) in [5.41, 5.74) is 0.432. The van der Waals surface area contributed by atoms with Crippen LogP contribution < -0.4 is 4.72 Å². The van der Waals surface area contributed by atoms with Gasteiger partial charge in [-0.25, -0.2) is 8.42 Å². The molecule has 1 aromatic carbocycles. The number of rotatable bonds is 5. The Hall–Kier alpha value is -0.830. The Morgan fingerprint density at radius 3 is 2.76 bits per heavy atom. The molecule has 0 aliphatic heterocycles. The van der Waals surface area contributed by atoms with E-state index in [4.69, 9.17) is 0 Å². The second kappa shape index (κ2) is 6.20. The summed E-state index contributed by atoms with van der Waals surface area (Å²) >= 11 is 2.07. The molecular weight excluding hydrogens is 357 g/mol. The lowest BCUT2D eigenvalue weighted by Gasteiger charge is -2.07. The van der Waals surface area contributed by atoms with Crippen LogP contribution >= 0.6 is 22.6 Å². The van der Waals surface area contributed by atoms with Crippen LogP contribution in [-0.2, 0) is 19.6 Å². The topological polar surface area (TPSA) is 72.5 Å². The standard InChI is InChI=1S/C10H12INO4S/c1-2-16-10(13)7-17(14,15)12-9-5-3-4-8(11)6-9/h3-6,12H,2,7H2,1H3. The fraction of sp³-hybridized carbons (Fsp3) is 0.300. The highest BCUT2D eigenvalue weighted by Gasteiger charge is 2.17. The zero-order chi connectivity index (χ0) is 12.9. The number of halogens is 1. The van der Waals surface area contributed by atoms with Crippen molar-refractivity contribution in [1.82, 2.24) is 0 Å². The van der Waals surface area contributed by atoms with Crippen LogP contribution in [0.4, 0.5) is 5.69 Å². The molecule has 0 saturated heterocycles. The van der Waals surface area contributed by atoms with Crippen LogP contribution in [0, 0.1) is 3.57 Å². The first-order valence-corrected chi connectivity index (χ1v) is 7.58. The van der Waals surface area contributed by atoms with Crippen LogP contribution in [0.25, 0.3) is 0 Å². The van der Waals surface area contributed by atoms with E-state index < -0.39 is 21.7 Å². The molecule has 0 bridgehead atoms. The van der Waals surface area contributed by atoms with Crippen molar-refractivity contribution in [1.29, 1.82) is 0 Å². The zero-order valence-corrected chi connectivity index (χ0v) is 12.1. The monoisotopic (exact) mass is 369 g/mol. The number of hydrogen-bond donors (Lipinski definition) is 1. The molecule has 7 heteroatoms. The van der Waals surface area contributed by atoms with E-state index in [1.807, 2.05) is 6.07 Å². The molecule has 1 aromatic rings. The molecule has 0 saturated carbocycles. The lowest BCUT2D eigenvalue weighted by molar-refractivity contribution is -0.139. The second-order valence-electron chi connectivity index (χ2n) is 3.18. The van der Waals surface area contributed by atoms with Gasteiger partial charge in [-0.3, -0.25) is 9.52 Å². The number of nitrogens with one attached hydrogen (secondary N) is 1.